The molecule has 0 spiro atoms. The molecule has 262 valence electrons. The first-order valence-electron chi connectivity index (χ1n) is 18.4. The van der Waals surface area contributed by atoms with E-state index in [1.165, 1.54) is 51.9 Å². The molecule has 2 aliphatic heterocycles. The van der Waals surface area contributed by atoms with Crippen LogP contribution in [-0.4, -0.2) is 82.3 Å². The molecule has 0 amide bonds. The van der Waals surface area contributed by atoms with Crippen molar-refractivity contribution in [2.75, 3.05) is 66.7 Å². The van der Waals surface area contributed by atoms with Gasteiger partial charge in [-0.2, -0.15) is 0 Å². The molecule has 0 aromatic heterocycles. The van der Waals surface area contributed by atoms with Crippen LogP contribution in [0, 0.1) is 11.8 Å². The molecule has 0 unspecified atom stereocenters. The third-order valence-corrected chi connectivity index (χ3v) is 10.3. The number of piperidine rings is 2. The zero-order valence-corrected chi connectivity index (χ0v) is 29.9. The van der Waals surface area contributed by atoms with Gasteiger partial charge in [-0.1, -0.05) is 26.0 Å². The van der Waals surface area contributed by atoms with E-state index in [1.54, 1.807) is 14.2 Å². The van der Waals surface area contributed by atoms with Crippen molar-refractivity contribution in [2.24, 2.45) is 11.8 Å². The van der Waals surface area contributed by atoms with E-state index >= 15 is 0 Å². The van der Waals surface area contributed by atoms with Crippen LogP contribution >= 0.6 is 0 Å². The van der Waals surface area contributed by atoms with Crippen molar-refractivity contribution in [3.63, 3.8) is 0 Å². The van der Waals surface area contributed by atoms with E-state index in [0.717, 1.165) is 97.2 Å². The van der Waals surface area contributed by atoms with E-state index in [9.17, 15) is 4.79 Å². The van der Waals surface area contributed by atoms with Crippen molar-refractivity contribution in [1.82, 2.24) is 9.80 Å². The molecule has 0 bridgehead atoms. The molecule has 5 rings (SSSR count). The van der Waals surface area contributed by atoms with Gasteiger partial charge in [-0.05, 0) is 163 Å². The summed E-state index contributed by atoms with van der Waals surface area (Å²) in [6.45, 7) is 13.2. The van der Waals surface area contributed by atoms with E-state index in [-0.39, 0.29) is 5.78 Å². The second-order valence-corrected chi connectivity index (χ2v) is 14.1. The fourth-order valence-corrected chi connectivity index (χ4v) is 6.98. The summed E-state index contributed by atoms with van der Waals surface area (Å²) in [6.07, 6.45) is 15.0. The zero-order valence-electron chi connectivity index (χ0n) is 29.9. The third-order valence-electron chi connectivity index (χ3n) is 10.3. The Morgan fingerprint density at radius 1 is 0.625 bits per heavy atom. The lowest BCUT2D eigenvalue weighted by atomic mass is 9.99. The van der Waals surface area contributed by atoms with Crippen molar-refractivity contribution >= 4 is 17.9 Å². The monoisotopic (exact) mass is 658 g/mol. The summed E-state index contributed by atoms with van der Waals surface area (Å²) in [5, 5.41) is 0. The van der Waals surface area contributed by atoms with Crippen molar-refractivity contribution in [3.8, 4) is 23.0 Å². The van der Waals surface area contributed by atoms with Gasteiger partial charge in [-0.15, -0.1) is 0 Å². The van der Waals surface area contributed by atoms with Gasteiger partial charge in [0, 0.05) is 11.1 Å². The highest BCUT2D eigenvalue weighted by Crippen LogP contribution is 2.34. The second-order valence-electron chi connectivity index (χ2n) is 14.1. The molecule has 7 nitrogen and oxygen atoms in total. The number of methoxy groups -OCH3 is 2. The van der Waals surface area contributed by atoms with Crippen LogP contribution in [0.3, 0.4) is 0 Å². The first-order chi connectivity index (χ1) is 23.4. The minimum atomic E-state index is 0.0971. The maximum atomic E-state index is 13.4. The van der Waals surface area contributed by atoms with Crippen molar-refractivity contribution in [2.45, 2.75) is 78.1 Å². The number of benzene rings is 2. The predicted octanol–water partition coefficient (Wildman–Crippen LogP) is 8.32. The molecular formula is C41H58N2O5. The SMILES string of the molecule is COc1cc(/C=C2\CC/C(=C\c3ccc(OCCCCN4CCC(C)CC4)c(OC)c3)C2=O)ccc1OCCCCN1CCC(C)CC1. The van der Waals surface area contributed by atoms with Crippen molar-refractivity contribution in [3.05, 3.63) is 58.7 Å². The number of likely N-dealkylation sites (tertiary alicyclic amines) is 2. The third kappa shape index (κ3) is 10.6. The summed E-state index contributed by atoms with van der Waals surface area (Å²) in [7, 11) is 3.33. The maximum Gasteiger partial charge on any atom is 0.185 e. The molecule has 0 N–H and O–H groups in total. The molecule has 48 heavy (non-hydrogen) atoms. The molecular weight excluding hydrogens is 600 g/mol. The number of unbranched alkanes of at least 4 members (excludes halogenated alkanes) is 2. The molecule has 2 aromatic carbocycles. The number of rotatable bonds is 16. The fourth-order valence-electron chi connectivity index (χ4n) is 6.98. The Kier molecular flexibility index (Phi) is 13.9. The Balaban J connectivity index is 1.09. The van der Waals surface area contributed by atoms with Crippen LogP contribution in [0.2, 0.25) is 0 Å². The van der Waals surface area contributed by atoms with Gasteiger partial charge in [0.15, 0.2) is 28.8 Å². The summed E-state index contributed by atoms with van der Waals surface area (Å²) in [5.41, 5.74) is 3.51. The quantitative estimate of drug-likeness (QED) is 0.133. The summed E-state index contributed by atoms with van der Waals surface area (Å²) < 4.78 is 23.5. The second kappa shape index (κ2) is 18.5. The smallest absolute Gasteiger partial charge is 0.185 e. The van der Waals surface area contributed by atoms with E-state index in [4.69, 9.17) is 18.9 Å². The Morgan fingerprint density at radius 2 is 1.04 bits per heavy atom. The lowest BCUT2D eigenvalue weighted by Crippen LogP contribution is -2.33. The Labute approximate surface area is 289 Å². The number of hydrogen-bond acceptors (Lipinski definition) is 7. The van der Waals surface area contributed by atoms with Gasteiger partial charge in [-0.3, -0.25) is 4.79 Å². The lowest BCUT2D eigenvalue weighted by Gasteiger charge is -2.30. The average Bonchev–Trinajstić information content (AvgIpc) is 3.44. The molecule has 3 fully saturated rings. The number of carbonyl (C=O) groups excluding carboxylic acids is 1. The molecule has 7 heteroatoms. The van der Waals surface area contributed by atoms with Crippen LogP contribution in [0.5, 0.6) is 23.0 Å². The number of carbonyl (C=O) groups is 1. The first kappa shape index (κ1) is 36.0. The summed E-state index contributed by atoms with van der Waals surface area (Å²) in [4.78, 5) is 18.5. The maximum absolute atomic E-state index is 13.4. The Bertz CT molecular complexity index is 1280. The van der Waals surface area contributed by atoms with Crippen LogP contribution in [0.4, 0.5) is 0 Å². The fraction of sp³-hybridized carbons (Fsp3) is 0.585. The lowest BCUT2D eigenvalue weighted by molar-refractivity contribution is -0.111. The predicted molar refractivity (Wildman–Crippen MR) is 195 cm³/mol. The highest BCUT2D eigenvalue weighted by molar-refractivity contribution is 6.15. The van der Waals surface area contributed by atoms with Crippen LogP contribution in [0.25, 0.3) is 12.2 Å². The molecule has 2 aromatic rings. The van der Waals surface area contributed by atoms with Gasteiger partial charge in [0.05, 0.1) is 27.4 Å². The van der Waals surface area contributed by atoms with Crippen LogP contribution in [0.1, 0.15) is 89.2 Å². The normalized spacial score (nSPS) is 20.1. The van der Waals surface area contributed by atoms with Crippen molar-refractivity contribution in [1.29, 1.82) is 0 Å². The first-order valence-corrected chi connectivity index (χ1v) is 18.4. The molecule has 2 heterocycles. The van der Waals surface area contributed by atoms with Gasteiger partial charge in [0.1, 0.15) is 0 Å². The topological polar surface area (TPSA) is 60.5 Å². The molecule has 1 saturated carbocycles. The van der Waals surface area contributed by atoms with E-state index in [1.807, 2.05) is 48.6 Å². The Morgan fingerprint density at radius 3 is 1.44 bits per heavy atom. The Hall–Kier alpha value is -3.29. The highest BCUT2D eigenvalue weighted by Gasteiger charge is 2.23. The van der Waals surface area contributed by atoms with E-state index in [2.05, 4.69) is 23.6 Å². The van der Waals surface area contributed by atoms with Crippen LogP contribution < -0.4 is 18.9 Å². The zero-order chi connectivity index (χ0) is 33.7. The van der Waals surface area contributed by atoms with Gasteiger partial charge in [0.25, 0.3) is 0 Å². The molecule has 2 saturated heterocycles. The van der Waals surface area contributed by atoms with Crippen LogP contribution in [0.15, 0.2) is 47.5 Å². The number of nitrogens with zero attached hydrogens (tertiary/aromatic N) is 2. The summed E-state index contributed by atoms with van der Waals surface area (Å²) in [6, 6.07) is 11.9. The molecule has 3 aliphatic rings. The molecule has 0 atom stereocenters. The summed E-state index contributed by atoms with van der Waals surface area (Å²) in [5.74, 6) is 4.72. The van der Waals surface area contributed by atoms with Crippen LogP contribution in [-0.2, 0) is 4.79 Å². The number of Topliss-reactive ketones (excluding diaryl/α,β-unsaturated/α-hetero) is 1. The van der Waals surface area contributed by atoms with Gasteiger partial charge in [-0.25, -0.2) is 0 Å². The van der Waals surface area contributed by atoms with Gasteiger partial charge < -0.3 is 28.7 Å². The minimum absolute atomic E-state index is 0.0971. The largest absolute Gasteiger partial charge is 0.493 e. The van der Waals surface area contributed by atoms with Gasteiger partial charge >= 0.3 is 0 Å². The number of ether oxygens (including phenoxy) is 4. The molecule has 1 aliphatic carbocycles. The number of ketones is 1. The van der Waals surface area contributed by atoms with Crippen molar-refractivity contribution < 1.29 is 23.7 Å². The van der Waals surface area contributed by atoms with E-state index < -0.39 is 0 Å². The highest BCUT2D eigenvalue weighted by atomic mass is 16.5. The average molecular weight is 659 g/mol. The van der Waals surface area contributed by atoms with E-state index in [0.29, 0.717) is 24.7 Å². The summed E-state index contributed by atoms with van der Waals surface area (Å²) >= 11 is 0. The molecule has 0 radical (unpaired) electrons. The number of hydrogen-bond donors (Lipinski definition) is 0. The van der Waals surface area contributed by atoms with Gasteiger partial charge in [0.2, 0.25) is 0 Å². The standard InChI is InChI=1S/C41H58N2O5/c1-31-15-21-42(22-16-31)19-5-7-25-47-37-13-9-33(29-39(37)45-3)27-35-11-12-36(41(35)44)28-34-10-14-38(40(30-34)46-4)48-26-8-6-20-43-23-17-32(2)18-24-43/h9-10,13-14,27-32H,5-8,11-12,15-26H2,1-4H3/b35-27+,36-28+. The minimum Gasteiger partial charge on any atom is -0.493 e. The number of allylic oxidation sites excluding steroid dienone is 2.